The molecule has 1 atom stereocenters. The molecule has 8 heteroatoms. The Bertz CT molecular complexity index is 141. The van der Waals surface area contributed by atoms with Crippen LogP contribution in [0, 0.1) is 38.0 Å². The van der Waals surface area contributed by atoms with Crippen molar-refractivity contribution in [3.05, 3.63) is 12.2 Å². The average Bonchev–Trinajstić information content (AvgIpc) is 2.05. The van der Waals surface area contributed by atoms with E-state index in [2.05, 4.69) is 37.8 Å². The first-order valence-electron chi connectivity index (χ1n) is 3.51. The number of hydrogen-bond donors (Lipinski definition) is 2. The van der Waals surface area contributed by atoms with Crippen LogP contribution in [-0.2, 0) is 3.07 Å². The largest absolute Gasteiger partial charge is 2.00 e. The standard InChI is InChI=1S/C6H15I3N3O.U/c1-6(2,8-7)3-12-4-9(11)13-5-10;/h1,3-5,10-11H2,2H3;/q-3;+2. The molecule has 0 heterocycles. The molecule has 0 radical (unpaired) electrons. The van der Waals surface area contributed by atoms with Gasteiger partial charge in [0.2, 0.25) is 0 Å². The van der Waals surface area contributed by atoms with Crippen LogP contribution >= 0.6 is 39.1 Å². The zero-order chi connectivity index (χ0) is 10.3. The number of nitrogens with two attached hydrogens (primary N) is 2. The van der Waals surface area contributed by atoms with E-state index >= 15 is 0 Å². The van der Waals surface area contributed by atoms with Crippen LogP contribution in [0.1, 0.15) is 6.92 Å². The third-order valence-electron chi connectivity index (χ3n) is 1.02. The molecule has 0 aromatic rings. The molecular weight excluding hydrogens is 749 g/mol. The Kier molecular flexibility index (Phi) is 15.5. The van der Waals surface area contributed by atoms with Gasteiger partial charge < -0.3 is 0 Å². The fraction of sp³-hybridized carbons (Fsp3) is 0.833. The van der Waals surface area contributed by atoms with E-state index in [9.17, 15) is 0 Å². The first-order chi connectivity index (χ1) is 6.02. The van der Waals surface area contributed by atoms with Crippen molar-refractivity contribution in [1.29, 1.82) is 0 Å². The SMILES string of the molecule is [CH2-]C(C)(C[N-]CI(N)OCN)[I-]I.[U+2]. The molecule has 0 amide bonds. The molecule has 0 saturated heterocycles. The van der Waals surface area contributed by atoms with Gasteiger partial charge in [-0.2, -0.15) is 0 Å². The fourth-order valence-electron chi connectivity index (χ4n) is 0.497. The van der Waals surface area contributed by atoms with Gasteiger partial charge in [0, 0.05) is 0 Å². The molecule has 0 spiro atoms. The van der Waals surface area contributed by atoms with Crippen LogP contribution in [-0.4, -0.2) is 21.2 Å². The van der Waals surface area contributed by atoms with Crippen molar-refractivity contribution in [1.82, 2.24) is 0 Å². The predicted octanol–water partition coefficient (Wildman–Crippen LogP) is -1.42. The van der Waals surface area contributed by atoms with Gasteiger partial charge in [0.05, 0.1) is 0 Å². The molecule has 86 valence electrons. The molecule has 0 aromatic carbocycles. The van der Waals surface area contributed by atoms with E-state index in [0.717, 1.165) is 6.54 Å². The molecule has 0 fully saturated rings. The van der Waals surface area contributed by atoms with Gasteiger partial charge in [0.15, 0.2) is 0 Å². The molecule has 0 bridgehead atoms. The molecule has 0 saturated carbocycles. The van der Waals surface area contributed by atoms with E-state index in [1.54, 1.807) is 0 Å². The van der Waals surface area contributed by atoms with Crippen molar-refractivity contribution in [2.75, 3.05) is 17.8 Å². The first kappa shape index (κ1) is 19.4. The molecule has 0 rings (SSSR count). The first-order valence-corrected chi connectivity index (χ1v) is 14.5. The van der Waals surface area contributed by atoms with Crippen LogP contribution in [0.4, 0.5) is 0 Å². The number of rotatable bonds is 7. The van der Waals surface area contributed by atoms with Gasteiger partial charge in [0.1, 0.15) is 0 Å². The summed E-state index contributed by atoms with van der Waals surface area (Å²) in [5.41, 5.74) is 5.20. The number of nitrogens with zero attached hydrogens (tertiary/aromatic N) is 1. The van der Waals surface area contributed by atoms with E-state index in [4.69, 9.17) is 12.7 Å². The summed E-state index contributed by atoms with van der Waals surface area (Å²) in [4.78, 5) is 0. The van der Waals surface area contributed by atoms with Gasteiger partial charge >= 0.3 is 141 Å². The summed E-state index contributed by atoms with van der Waals surface area (Å²) in [6.07, 6.45) is 0. The number of hydrogen-bond acceptors (Lipinski definition) is 3. The normalized spacial score (nSPS) is 15.9. The third kappa shape index (κ3) is 11.6. The maximum absolute atomic E-state index is 5.70. The van der Waals surface area contributed by atoms with Gasteiger partial charge in [-0.1, -0.05) is 0 Å². The second-order valence-corrected chi connectivity index (χ2v) is 11.7. The van der Waals surface area contributed by atoms with Crippen molar-refractivity contribution >= 4 is 39.1 Å². The second-order valence-electron chi connectivity index (χ2n) is 2.61. The van der Waals surface area contributed by atoms with E-state index in [-0.39, 0.29) is 58.5 Å². The van der Waals surface area contributed by atoms with Gasteiger partial charge in [-0.05, 0) is 0 Å². The summed E-state index contributed by atoms with van der Waals surface area (Å²) in [5.74, 6) is 0. The summed E-state index contributed by atoms with van der Waals surface area (Å²) in [5, 5.41) is 4.36. The molecule has 4 N–H and O–H groups in total. The Balaban J connectivity index is 0. The van der Waals surface area contributed by atoms with Gasteiger partial charge in [0.25, 0.3) is 0 Å². The van der Waals surface area contributed by atoms with Crippen LogP contribution in [0.2, 0.25) is 0 Å². The molecule has 14 heavy (non-hydrogen) atoms. The fourth-order valence-corrected chi connectivity index (χ4v) is 3.11. The summed E-state index contributed by atoms with van der Waals surface area (Å²) < 4.78 is 11.6. The number of alkyl halides is 2. The average molecular weight is 764 g/mol. The van der Waals surface area contributed by atoms with E-state index < -0.39 is 20.5 Å². The predicted molar refractivity (Wildman–Crippen MR) is 69.2 cm³/mol. The van der Waals surface area contributed by atoms with Crippen LogP contribution < -0.4 is 26.9 Å². The smallest absolute Gasteiger partial charge is 2.00 e. The van der Waals surface area contributed by atoms with Crippen LogP contribution in [0.3, 0.4) is 0 Å². The van der Waals surface area contributed by atoms with Crippen molar-refractivity contribution in [2.45, 2.75) is 10.3 Å². The minimum Gasteiger partial charge on any atom is 2.00 e. The topological polar surface area (TPSA) is 75.4 Å². The minimum absolute atomic E-state index is 0. The zero-order valence-corrected chi connectivity index (χ0v) is 18.6. The van der Waals surface area contributed by atoms with Crippen LogP contribution in [0.5, 0.6) is 0 Å². The van der Waals surface area contributed by atoms with Crippen LogP contribution in [0.15, 0.2) is 0 Å². The summed E-state index contributed by atoms with van der Waals surface area (Å²) >= 11 is 0.747. The van der Waals surface area contributed by atoms with E-state index in [1.807, 2.05) is 0 Å². The third-order valence-corrected chi connectivity index (χ3v) is 11.3. The van der Waals surface area contributed by atoms with E-state index in [0.29, 0.717) is 4.55 Å². The second kappa shape index (κ2) is 11.2. The van der Waals surface area contributed by atoms with Gasteiger partial charge in [-0.25, -0.2) is 0 Å². The molecule has 0 aliphatic carbocycles. The Hall–Kier alpha value is 3.08. The van der Waals surface area contributed by atoms with Crippen molar-refractivity contribution < 1.29 is 51.4 Å². The molecule has 0 aliphatic rings. The number of halogens is 3. The summed E-state index contributed by atoms with van der Waals surface area (Å²) in [6.45, 7) is 7.24. The summed E-state index contributed by atoms with van der Waals surface area (Å²) in [6, 6.07) is 0. The molecule has 0 aromatic heterocycles. The Morgan fingerprint density at radius 2 is 2.29 bits per heavy atom. The van der Waals surface area contributed by atoms with Crippen molar-refractivity contribution in [3.8, 4) is 0 Å². The Morgan fingerprint density at radius 1 is 1.71 bits per heavy atom. The van der Waals surface area contributed by atoms with Gasteiger partial charge in [-0.15, -0.1) is 0 Å². The zero-order valence-electron chi connectivity index (χ0n) is 7.97. The van der Waals surface area contributed by atoms with E-state index in [1.165, 1.54) is 0 Å². The molecule has 1 unspecified atom stereocenters. The Morgan fingerprint density at radius 3 is 2.71 bits per heavy atom. The van der Waals surface area contributed by atoms with Crippen molar-refractivity contribution in [3.63, 3.8) is 0 Å². The van der Waals surface area contributed by atoms with Crippen molar-refractivity contribution in [2.24, 2.45) is 9.68 Å². The maximum atomic E-state index is 5.70. The van der Waals surface area contributed by atoms with Gasteiger partial charge in [-0.3, -0.25) is 0 Å². The molecule has 4 nitrogen and oxygen atoms in total. The monoisotopic (exact) mass is 764 g/mol. The minimum atomic E-state index is -1.77. The molecule has 0 aliphatic heterocycles. The van der Waals surface area contributed by atoms with Crippen LogP contribution in [0.25, 0.3) is 5.32 Å². The maximum Gasteiger partial charge on any atom is 2.00 e. The Labute approximate surface area is 138 Å². The molecular formula is C6H15I3N3OU-. The quantitative estimate of drug-likeness (QED) is 0.0836. The summed E-state index contributed by atoms with van der Waals surface area (Å²) in [7, 11) is 0.